The van der Waals surface area contributed by atoms with Crippen molar-refractivity contribution in [3.05, 3.63) is 53.7 Å². The molecule has 0 unspecified atom stereocenters. The van der Waals surface area contributed by atoms with Crippen molar-refractivity contribution in [3.63, 3.8) is 0 Å². The Balaban J connectivity index is 2.23. The van der Waals surface area contributed by atoms with Crippen molar-refractivity contribution in [2.24, 2.45) is 0 Å². The Labute approximate surface area is 112 Å². The zero-order valence-corrected chi connectivity index (χ0v) is 10.8. The quantitative estimate of drug-likeness (QED) is 0.865. The van der Waals surface area contributed by atoms with E-state index in [1.807, 2.05) is 24.3 Å². The summed E-state index contributed by atoms with van der Waals surface area (Å²) in [4.78, 5) is 4.12. The highest BCUT2D eigenvalue weighted by atomic mass is 16.5. The van der Waals surface area contributed by atoms with Crippen LogP contribution in [0.5, 0.6) is 11.6 Å². The van der Waals surface area contributed by atoms with E-state index in [0.717, 1.165) is 11.1 Å². The van der Waals surface area contributed by atoms with Gasteiger partial charge >= 0.3 is 0 Å². The molecule has 0 spiro atoms. The molecule has 0 aliphatic heterocycles. The first-order valence-electron chi connectivity index (χ1n) is 6.21. The third kappa shape index (κ3) is 3.53. The fraction of sp³-hybridized carbons (Fsp3) is 0.267. The van der Waals surface area contributed by atoms with Gasteiger partial charge in [-0.1, -0.05) is 18.2 Å². The van der Waals surface area contributed by atoms with E-state index in [9.17, 15) is 5.11 Å². The van der Waals surface area contributed by atoms with E-state index < -0.39 is 6.10 Å². The molecule has 0 amide bonds. The second kappa shape index (κ2) is 6.31. The first-order chi connectivity index (χ1) is 9.20. The fourth-order valence-electron chi connectivity index (χ4n) is 1.78. The lowest BCUT2D eigenvalue weighted by Gasteiger charge is -2.11. The van der Waals surface area contributed by atoms with Crippen LogP contribution in [0.25, 0.3) is 0 Å². The lowest BCUT2D eigenvalue weighted by Crippen LogP contribution is -1.97. The molecule has 1 atom stereocenters. The molecule has 1 heterocycles. The average Bonchev–Trinajstić information content (AvgIpc) is 2.41. The SMILES string of the molecule is C[C@@H](O)c1ccnc(Oc2ccccc2CCO)c1. The number of nitrogens with zero attached hydrogens (tertiary/aromatic N) is 1. The summed E-state index contributed by atoms with van der Waals surface area (Å²) in [5.41, 5.74) is 1.68. The summed E-state index contributed by atoms with van der Waals surface area (Å²) in [5.74, 6) is 1.11. The van der Waals surface area contributed by atoms with Crippen molar-refractivity contribution in [1.29, 1.82) is 0 Å². The van der Waals surface area contributed by atoms with E-state index in [1.165, 1.54) is 0 Å². The molecule has 0 fully saturated rings. The number of pyridine rings is 1. The Kier molecular flexibility index (Phi) is 4.49. The Bertz CT molecular complexity index is 540. The molecule has 2 aromatic rings. The van der Waals surface area contributed by atoms with E-state index in [0.29, 0.717) is 18.1 Å². The van der Waals surface area contributed by atoms with Crippen molar-refractivity contribution < 1.29 is 14.9 Å². The topological polar surface area (TPSA) is 62.6 Å². The summed E-state index contributed by atoms with van der Waals surface area (Å²) < 4.78 is 5.72. The van der Waals surface area contributed by atoms with Gasteiger partial charge in [0.15, 0.2) is 0 Å². The molecule has 0 aliphatic rings. The first-order valence-corrected chi connectivity index (χ1v) is 6.21. The zero-order valence-electron chi connectivity index (χ0n) is 10.8. The molecule has 19 heavy (non-hydrogen) atoms. The fourth-order valence-corrected chi connectivity index (χ4v) is 1.78. The number of hydrogen-bond acceptors (Lipinski definition) is 4. The molecule has 2 N–H and O–H groups in total. The van der Waals surface area contributed by atoms with E-state index in [2.05, 4.69) is 4.98 Å². The molecular formula is C15H17NO3. The third-order valence-corrected chi connectivity index (χ3v) is 2.81. The summed E-state index contributed by atoms with van der Waals surface area (Å²) in [6, 6.07) is 11.0. The summed E-state index contributed by atoms with van der Waals surface area (Å²) >= 11 is 0. The number of aliphatic hydroxyl groups is 2. The normalized spacial score (nSPS) is 12.2. The standard InChI is InChI=1S/C15H17NO3/c1-11(18)13-6-8-16-15(10-13)19-14-5-3-2-4-12(14)7-9-17/h2-6,8,10-11,17-18H,7,9H2,1H3/t11-/m1/s1. The average molecular weight is 259 g/mol. The third-order valence-electron chi connectivity index (χ3n) is 2.81. The van der Waals surface area contributed by atoms with E-state index >= 15 is 0 Å². The molecule has 0 radical (unpaired) electrons. The van der Waals surface area contributed by atoms with Crippen LogP contribution in [0.1, 0.15) is 24.2 Å². The minimum atomic E-state index is -0.557. The maximum absolute atomic E-state index is 9.54. The van der Waals surface area contributed by atoms with Gasteiger partial charge in [-0.05, 0) is 36.6 Å². The van der Waals surface area contributed by atoms with Crippen LogP contribution in [0.15, 0.2) is 42.6 Å². The van der Waals surface area contributed by atoms with Crippen LogP contribution in [0, 0.1) is 0 Å². The summed E-state index contributed by atoms with van der Waals surface area (Å²) in [6.07, 6.45) is 1.58. The van der Waals surface area contributed by atoms with Crippen molar-refractivity contribution in [1.82, 2.24) is 4.98 Å². The number of para-hydroxylation sites is 1. The maximum atomic E-state index is 9.54. The predicted octanol–water partition coefficient (Wildman–Crippen LogP) is 2.46. The van der Waals surface area contributed by atoms with E-state index in [-0.39, 0.29) is 6.61 Å². The van der Waals surface area contributed by atoms with Crippen LogP contribution in [-0.2, 0) is 6.42 Å². The van der Waals surface area contributed by atoms with Gasteiger partial charge < -0.3 is 14.9 Å². The Morgan fingerprint density at radius 2 is 2.05 bits per heavy atom. The highest BCUT2D eigenvalue weighted by Gasteiger charge is 2.07. The Morgan fingerprint density at radius 3 is 2.79 bits per heavy atom. The van der Waals surface area contributed by atoms with Gasteiger partial charge in [-0.15, -0.1) is 0 Å². The van der Waals surface area contributed by atoms with Gasteiger partial charge in [-0.3, -0.25) is 0 Å². The van der Waals surface area contributed by atoms with Crippen LogP contribution in [0.2, 0.25) is 0 Å². The van der Waals surface area contributed by atoms with E-state index in [4.69, 9.17) is 9.84 Å². The molecule has 0 aliphatic carbocycles. The lowest BCUT2D eigenvalue weighted by atomic mass is 10.1. The van der Waals surface area contributed by atoms with E-state index in [1.54, 1.807) is 25.3 Å². The van der Waals surface area contributed by atoms with Gasteiger partial charge in [0, 0.05) is 18.9 Å². The summed E-state index contributed by atoms with van der Waals surface area (Å²) in [7, 11) is 0. The number of rotatable bonds is 5. The highest BCUT2D eigenvalue weighted by Crippen LogP contribution is 2.25. The second-order valence-electron chi connectivity index (χ2n) is 4.29. The van der Waals surface area contributed by atoms with Crippen LogP contribution < -0.4 is 4.74 Å². The van der Waals surface area contributed by atoms with Gasteiger partial charge in [0.1, 0.15) is 5.75 Å². The number of aromatic nitrogens is 1. The summed E-state index contributed by atoms with van der Waals surface area (Å²) in [6.45, 7) is 1.76. The molecular weight excluding hydrogens is 242 g/mol. The number of hydrogen-bond donors (Lipinski definition) is 2. The largest absolute Gasteiger partial charge is 0.439 e. The number of benzene rings is 1. The van der Waals surface area contributed by atoms with Crippen LogP contribution >= 0.6 is 0 Å². The maximum Gasteiger partial charge on any atom is 0.219 e. The minimum Gasteiger partial charge on any atom is -0.439 e. The van der Waals surface area contributed by atoms with Crippen molar-refractivity contribution in [3.8, 4) is 11.6 Å². The van der Waals surface area contributed by atoms with Gasteiger partial charge in [-0.25, -0.2) is 4.98 Å². The number of ether oxygens (including phenoxy) is 1. The second-order valence-corrected chi connectivity index (χ2v) is 4.29. The van der Waals surface area contributed by atoms with Crippen molar-refractivity contribution in [2.75, 3.05) is 6.61 Å². The first kappa shape index (κ1) is 13.5. The monoisotopic (exact) mass is 259 g/mol. The van der Waals surface area contributed by atoms with Crippen molar-refractivity contribution >= 4 is 0 Å². The molecule has 1 aromatic heterocycles. The molecule has 0 saturated carbocycles. The predicted molar refractivity (Wildman–Crippen MR) is 72.2 cm³/mol. The smallest absolute Gasteiger partial charge is 0.219 e. The lowest BCUT2D eigenvalue weighted by molar-refractivity contribution is 0.198. The van der Waals surface area contributed by atoms with Crippen LogP contribution in [-0.4, -0.2) is 21.8 Å². The zero-order chi connectivity index (χ0) is 13.7. The van der Waals surface area contributed by atoms with Gasteiger partial charge in [0.2, 0.25) is 5.88 Å². The molecule has 4 heteroatoms. The Morgan fingerprint density at radius 1 is 1.26 bits per heavy atom. The molecule has 1 aromatic carbocycles. The molecule has 0 bridgehead atoms. The molecule has 100 valence electrons. The van der Waals surface area contributed by atoms with Crippen LogP contribution in [0.4, 0.5) is 0 Å². The van der Waals surface area contributed by atoms with Crippen molar-refractivity contribution in [2.45, 2.75) is 19.4 Å². The van der Waals surface area contributed by atoms with Gasteiger partial charge in [0.25, 0.3) is 0 Å². The van der Waals surface area contributed by atoms with Gasteiger partial charge in [0.05, 0.1) is 6.10 Å². The summed E-state index contributed by atoms with van der Waals surface area (Å²) in [5, 5.41) is 18.6. The highest BCUT2D eigenvalue weighted by molar-refractivity contribution is 5.37. The molecule has 0 saturated heterocycles. The molecule has 4 nitrogen and oxygen atoms in total. The minimum absolute atomic E-state index is 0.0709. The molecule has 2 rings (SSSR count). The van der Waals surface area contributed by atoms with Gasteiger partial charge in [-0.2, -0.15) is 0 Å². The Hall–Kier alpha value is -1.91. The number of aliphatic hydroxyl groups excluding tert-OH is 2. The van der Waals surface area contributed by atoms with Crippen LogP contribution in [0.3, 0.4) is 0 Å².